The number of nitrogens with zero attached hydrogens (tertiary/aromatic N) is 4. The molecule has 0 radical (unpaired) electrons. The van der Waals surface area contributed by atoms with Crippen LogP contribution in [0.2, 0.25) is 0 Å². The summed E-state index contributed by atoms with van der Waals surface area (Å²) in [4.78, 5) is 42.5. The van der Waals surface area contributed by atoms with Crippen molar-refractivity contribution in [3.8, 4) is 0 Å². The van der Waals surface area contributed by atoms with Crippen LogP contribution in [0, 0.1) is 23.0 Å². The molecule has 1 unspecified atom stereocenters. The lowest BCUT2D eigenvalue weighted by Crippen LogP contribution is -2.50. The van der Waals surface area contributed by atoms with Gasteiger partial charge in [0, 0.05) is 50.0 Å². The largest absolute Gasteiger partial charge is 0.371 e. The molecule has 8 heteroatoms. The first-order valence-corrected chi connectivity index (χ1v) is 12.1. The fraction of sp³-hybridized carbons (Fsp3) is 0.462. The second kappa shape index (κ2) is 9.18. The molecular weight excluding hydrogens is 432 g/mol. The third kappa shape index (κ3) is 4.18. The Kier molecular flexibility index (Phi) is 6.08. The number of piperidine rings is 2. The third-order valence-corrected chi connectivity index (χ3v) is 7.58. The van der Waals surface area contributed by atoms with Gasteiger partial charge in [0.15, 0.2) is 0 Å². The summed E-state index contributed by atoms with van der Waals surface area (Å²) in [5, 5.41) is 11.0. The smallest absolute Gasteiger partial charge is 0.269 e. The molecule has 3 heterocycles. The van der Waals surface area contributed by atoms with E-state index < -0.39 is 0 Å². The predicted octanol–water partition coefficient (Wildman–Crippen LogP) is 3.88. The quantitative estimate of drug-likeness (QED) is 0.381. The number of non-ortho nitro benzene ring substituents is 1. The number of benzene rings is 2. The Bertz CT molecular complexity index is 1090. The zero-order chi connectivity index (χ0) is 23.8. The van der Waals surface area contributed by atoms with E-state index in [4.69, 9.17) is 0 Å². The molecule has 2 aromatic carbocycles. The van der Waals surface area contributed by atoms with E-state index in [1.54, 1.807) is 36.4 Å². The van der Waals surface area contributed by atoms with Crippen LogP contribution in [0.5, 0.6) is 0 Å². The van der Waals surface area contributed by atoms with Crippen LogP contribution in [0.4, 0.5) is 11.4 Å². The Morgan fingerprint density at radius 3 is 2.26 bits per heavy atom. The maximum Gasteiger partial charge on any atom is 0.269 e. The van der Waals surface area contributed by atoms with Crippen molar-refractivity contribution in [2.24, 2.45) is 5.92 Å². The molecule has 178 valence electrons. The Labute approximate surface area is 199 Å². The monoisotopic (exact) mass is 462 g/mol. The molecule has 0 spiro atoms. The molecule has 2 fully saturated rings. The number of likely N-dealkylation sites (tertiary alicyclic amines) is 1. The molecule has 2 amide bonds. The Balaban J connectivity index is 1.18. The SMILES string of the molecule is Cc1cc([N+](=O)[O-])ccc1N1CCC(N2CCCC(CN3C(=O)c4ccccc4C3=O)C2)CC1. The van der Waals surface area contributed by atoms with Gasteiger partial charge in [-0.25, -0.2) is 0 Å². The number of carbonyl (C=O) groups is 2. The van der Waals surface area contributed by atoms with Crippen LogP contribution >= 0.6 is 0 Å². The number of imide groups is 1. The van der Waals surface area contributed by atoms with Crippen LogP contribution < -0.4 is 4.90 Å². The molecule has 0 bridgehead atoms. The highest BCUT2D eigenvalue weighted by molar-refractivity contribution is 6.21. The first-order chi connectivity index (χ1) is 16.4. The summed E-state index contributed by atoms with van der Waals surface area (Å²) >= 11 is 0. The Morgan fingerprint density at radius 2 is 1.65 bits per heavy atom. The first kappa shape index (κ1) is 22.5. The number of aryl methyl sites for hydroxylation is 1. The van der Waals surface area contributed by atoms with E-state index in [0.29, 0.717) is 29.6 Å². The first-order valence-electron chi connectivity index (χ1n) is 12.1. The van der Waals surface area contributed by atoms with Gasteiger partial charge in [0.2, 0.25) is 0 Å². The molecule has 0 N–H and O–H groups in total. The highest BCUT2D eigenvalue weighted by Crippen LogP contribution is 2.31. The number of hydrogen-bond acceptors (Lipinski definition) is 6. The molecule has 0 saturated carbocycles. The van der Waals surface area contributed by atoms with Gasteiger partial charge in [-0.2, -0.15) is 0 Å². The highest BCUT2D eigenvalue weighted by atomic mass is 16.6. The van der Waals surface area contributed by atoms with Gasteiger partial charge in [0.05, 0.1) is 16.1 Å². The third-order valence-electron chi connectivity index (χ3n) is 7.58. The summed E-state index contributed by atoms with van der Waals surface area (Å²) in [6.07, 6.45) is 4.19. The molecule has 1 atom stereocenters. The number of rotatable bonds is 5. The molecule has 3 aliphatic rings. The number of amides is 2. The lowest BCUT2D eigenvalue weighted by molar-refractivity contribution is -0.384. The van der Waals surface area contributed by atoms with E-state index in [-0.39, 0.29) is 22.4 Å². The van der Waals surface area contributed by atoms with Gasteiger partial charge < -0.3 is 4.90 Å². The summed E-state index contributed by atoms with van der Waals surface area (Å²) in [6.45, 7) is 6.23. The molecule has 5 rings (SSSR count). The molecule has 34 heavy (non-hydrogen) atoms. The van der Waals surface area contributed by atoms with Gasteiger partial charge >= 0.3 is 0 Å². The maximum absolute atomic E-state index is 12.8. The number of hydrogen-bond donors (Lipinski definition) is 0. The van der Waals surface area contributed by atoms with E-state index >= 15 is 0 Å². The summed E-state index contributed by atoms with van der Waals surface area (Å²) < 4.78 is 0. The van der Waals surface area contributed by atoms with Gasteiger partial charge in [-0.3, -0.25) is 29.5 Å². The van der Waals surface area contributed by atoms with Gasteiger partial charge in [-0.15, -0.1) is 0 Å². The number of carbonyl (C=O) groups excluding carboxylic acids is 2. The van der Waals surface area contributed by atoms with Crippen LogP contribution in [-0.2, 0) is 0 Å². The van der Waals surface area contributed by atoms with Crippen LogP contribution in [0.3, 0.4) is 0 Å². The van der Waals surface area contributed by atoms with Crippen LogP contribution in [0.25, 0.3) is 0 Å². The molecule has 0 aromatic heterocycles. The normalized spacial score (nSPS) is 21.7. The minimum atomic E-state index is -0.349. The number of nitro benzene ring substituents is 1. The van der Waals surface area contributed by atoms with Crippen LogP contribution in [-0.4, -0.2) is 65.3 Å². The lowest BCUT2D eigenvalue weighted by Gasteiger charge is -2.43. The van der Waals surface area contributed by atoms with E-state index in [2.05, 4.69) is 9.80 Å². The average molecular weight is 463 g/mol. The van der Waals surface area contributed by atoms with Crippen molar-refractivity contribution in [1.82, 2.24) is 9.80 Å². The molecule has 0 aliphatic carbocycles. The maximum atomic E-state index is 12.8. The topological polar surface area (TPSA) is 87.0 Å². The average Bonchev–Trinajstić information content (AvgIpc) is 3.09. The van der Waals surface area contributed by atoms with Crippen LogP contribution in [0.15, 0.2) is 42.5 Å². The van der Waals surface area contributed by atoms with Gasteiger partial charge in [-0.05, 0) is 68.8 Å². The van der Waals surface area contributed by atoms with Gasteiger partial charge in [-0.1, -0.05) is 12.1 Å². The van der Waals surface area contributed by atoms with Crippen molar-refractivity contribution in [2.45, 2.75) is 38.6 Å². The van der Waals surface area contributed by atoms with Gasteiger partial charge in [0.1, 0.15) is 0 Å². The second-order valence-corrected chi connectivity index (χ2v) is 9.72. The van der Waals surface area contributed by atoms with Crippen molar-refractivity contribution in [2.75, 3.05) is 37.6 Å². The van der Waals surface area contributed by atoms with Crippen molar-refractivity contribution >= 4 is 23.2 Å². The standard InChI is InChI=1S/C26H30N4O4/c1-18-15-21(30(33)34)8-9-24(18)27-13-10-20(11-14-27)28-12-4-5-19(16-28)17-29-25(31)22-6-2-3-7-23(22)26(29)32/h2-3,6-9,15,19-20H,4-5,10-14,16-17H2,1H3. The van der Waals surface area contributed by atoms with E-state index in [9.17, 15) is 19.7 Å². The fourth-order valence-corrected chi connectivity index (χ4v) is 5.82. The Hall–Kier alpha value is -3.26. The summed E-state index contributed by atoms with van der Waals surface area (Å²) in [6, 6.07) is 12.7. The number of fused-ring (bicyclic) bond motifs is 1. The molecular formula is C26H30N4O4. The molecule has 2 aromatic rings. The summed E-state index contributed by atoms with van der Waals surface area (Å²) in [7, 11) is 0. The van der Waals surface area contributed by atoms with Gasteiger partial charge in [0.25, 0.3) is 17.5 Å². The molecule has 2 saturated heterocycles. The fourth-order valence-electron chi connectivity index (χ4n) is 5.82. The zero-order valence-electron chi connectivity index (χ0n) is 19.5. The van der Waals surface area contributed by atoms with E-state index in [0.717, 1.165) is 63.1 Å². The Morgan fingerprint density at radius 1 is 0.971 bits per heavy atom. The summed E-state index contributed by atoms with van der Waals surface area (Å²) in [5.41, 5.74) is 3.19. The van der Waals surface area contributed by atoms with Crippen LogP contribution in [0.1, 0.15) is 52.0 Å². The number of nitro groups is 1. The predicted molar refractivity (Wildman–Crippen MR) is 129 cm³/mol. The van der Waals surface area contributed by atoms with Crippen molar-refractivity contribution < 1.29 is 14.5 Å². The van der Waals surface area contributed by atoms with Crippen molar-refractivity contribution in [3.05, 3.63) is 69.3 Å². The minimum absolute atomic E-state index is 0.133. The van der Waals surface area contributed by atoms with Crippen molar-refractivity contribution in [3.63, 3.8) is 0 Å². The number of anilines is 1. The lowest BCUT2D eigenvalue weighted by atomic mass is 9.93. The minimum Gasteiger partial charge on any atom is -0.371 e. The van der Waals surface area contributed by atoms with E-state index in [1.807, 2.05) is 13.0 Å². The zero-order valence-corrected chi connectivity index (χ0v) is 19.5. The highest BCUT2D eigenvalue weighted by Gasteiger charge is 2.38. The van der Waals surface area contributed by atoms with E-state index in [1.165, 1.54) is 4.90 Å². The van der Waals surface area contributed by atoms with Crippen molar-refractivity contribution in [1.29, 1.82) is 0 Å². The molecule has 3 aliphatic heterocycles. The second-order valence-electron chi connectivity index (χ2n) is 9.72. The summed E-state index contributed by atoms with van der Waals surface area (Å²) in [5.74, 6) is -0.0279. The molecule has 8 nitrogen and oxygen atoms in total.